The highest BCUT2D eigenvalue weighted by molar-refractivity contribution is 14.1. The van der Waals surface area contributed by atoms with Crippen LogP contribution in [0.2, 0.25) is 0 Å². The van der Waals surface area contributed by atoms with E-state index >= 15 is 0 Å². The molecule has 1 amide bonds. The van der Waals surface area contributed by atoms with Gasteiger partial charge < -0.3 is 11.1 Å². The van der Waals surface area contributed by atoms with Crippen LogP contribution in [-0.2, 0) is 4.79 Å². The summed E-state index contributed by atoms with van der Waals surface area (Å²) in [5.41, 5.74) is 7.43. The van der Waals surface area contributed by atoms with Crippen LogP contribution in [0.1, 0.15) is 12.5 Å². The highest BCUT2D eigenvalue weighted by Gasteiger charge is 2.07. The molecule has 1 aromatic rings. The molecule has 3 nitrogen and oxygen atoms in total. The number of hydrogen-bond donors (Lipinski definition) is 2. The standard InChI is InChI=1S/C10H13IN2O.ClH/c1-6-3-4-8(5-9(6)11)13-10(14)7(2)12;/h3-5,7H,12H2,1-2H3,(H,13,14);1H/t7-;/m1./s1. The van der Waals surface area contributed by atoms with Crippen molar-refractivity contribution in [1.29, 1.82) is 0 Å². The lowest BCUT2D eigenvalue weighted by atomic mass is 10.2. The van der Waals surface area contributed by atoms with Gasteiger partial charge in [0.15, 0.2) is 0 Å². The first-order chi connectivity index (χ1) is 6.50. The molecule has 3 N–H and O–H groups in total. The number of nitrogens with one attached hydrogen (secondary N) is 1. The van der Waals surface area contributed by atoms with Crippen LogP contribution in [0.25, 0.3) is 0 Å². The van der Waals surface area contributed by atoms with E-state index in [4.69, 9.17) is 5.73 Å². The Kier molecular flexibility index (Phi) is 6.16. The maximum Gasteiger partial charge on any atom is 0.240 e. The predicted octanol–water partition coefficient (Wildman–Crippen LogP) is 2.31. The van der Waals surface area contributed by atoms with Crippen molar-refractivity contribution in [3.8, 4) is 0 Å². The minimum atomic E-state index is -0.478. The Labute approximate surface area is 109 Å². The number of carbonyl (C=O) groups is 1. The zero-order chi connectivity index (χ0) is 10.7. The molecule has 0 radical (unpaired) electrons. The summed E-state index contributed by atoms with van der Waals surface area (Å²) >= 11 is 2.23. The van der Waals surface area contributed by atoms with Gasteiger partial charge in [-0.2, -0.15) is 0 Å². The van der Waals surface area contributed by atoms with E-state index in [-0.39, 0.29) is 18.3 Å². The molecule has 1 atom stereocenters. The summed E-state index contributed by atoms with van der Waals surface area (Å²) in [6.07, 6.45) is 0. The van der Waals surface area contributed by atoms with E-state index in [9.17, 15) is 4.79 Å². The van der Waals surface area contributed by atoms with Crippen LogP contribution in [0.3, 0.4) is 0 Å². The van der Waals surface area contributed by atoms with E-state index in [1.165, 1.54) is 5.56 Å². The van der Waals surface area contributed by atoms with Crippen LogP contribution in [0, 0.1) is 10.5 Å². The second-order valence-electron chi connectivity index (χ2n) is 3.24. The van der Waals surface area contributed by atoms with Gasteiger partial charge in [-0.25, -0.2) is 0 Å². The van der Waals surface area contributed by atoms with Gasteiger partial charge in [0.05, 0.1) is 6.04 Å². The Morgan fingerprint density at radius 1 is 1.53 bits per heavy atom. The third kappa shape index (κ3) is 4.36. The predicted molar refractivity (Wildman–Crippen MR) is 73.4 cm³/mol. The molecule has 84 valence electrons. The fourth-order valence-corrected chi connectivity index (χ4v) is 1.44. The maximum absolute atomic E-state index is 11.3. The van der Waals surface area contributed by atoms with E-state index in [0.29, 0.717) is 0 Å². The molecule has 0 aliphatic heterocycles. The van der Waals surface area contributed by atoms with Gasteiger partial charge in [0, 0.05) is 9.26 Å². The van der Waals surface area contributed by atoms with Crippen LogP contribution in [0.15, 0.2) is 18.2 Å². The highest BCUT2D eigenvalue weighted by atomic mass is 127. The Morgan fingerprint density at radius 3 is 2.60 bits per heavy atom. The Morgan fingerprint density at radius 2 is 2.13 bits per heavy atom. The fourth-order valence-electron chi connectivity index (χ4n) is 0.927. The maximum atomic E-state index is 11.3. The van der Waals surface area contributed by atoms with Gasteiger partial charge in [0.2, 0.25) is 5.91 Å². The van der Waals surface area contributed by atoms with Gasteiger partial charge in [-0.15, -0.1) is 12.4 Å². The lowest BCUT2D eigenvalue weighted by Gasteiger charge is -2.08. The first kappa shape index (κ1) is 14.7. The number of carbonyl (C=O) groups excluding carboxylic acids is 1. The van der Waals surface area contributed by atoms with Crippen LogP contribution >= 0.6 is 35.0 Å². The van der Waals surface area contributed by atoms with Crippen molar-refractivity contribution in [1.82, 2.24) is 0 Å². The van der Waals surface area contributed by atoms with Crippen LogP contribution in [0.5, 0.6) is 0 Å². The lowest BCUT2D eigenvalue weighted by Crippen LogP contribution is -2.32. The van der Waals surface area contributed by atoms with Crippen molar-refractivity contribution in [2.75, 3.05) is 5.32 Å². The van der Waals surface area contributed by atoms with Crippen molar-refractivity contribution in [3.63, 3.8) is 0 Å². The molecule has 0 saturated heterocycles. The average molecular weight is 341 g/mol. The summed E-state index contributed by atoms with van der Waals surface area (Å²) in [5.74, 6) is -0.162. The Bertz CT molecular complexity index is 355. The molecule has 0 fully saturated rings. The Balaban J connectivity index is 0.00000196. The van der Waals surface area contributed by atoms with E-state index < -0.39 is 6.04 Å². The van der Waals surface area contributed by atoms with E-state index in [1.807, 2.05) is 25.1 Å². The molecule has 0 bridgehead atoms. The molecule has 0 aliphatic rings. The van der Waals surface area contributed by atoms with Gasteiger partial charge in [-0.3, -0.25) is 4.79 Å². The molecular formula is C10H14ClIN2O. The molecule has 1 aromatic carbocycles. The van der Waals surface area contributed by atoms with Crippen molar-refractivity contribution in [3.05, 3.63) is 27.3 Å². The summed E-state index contributed by atoms with van der Waals surface area (Å²) in [6.45, 7) is 3.69. The van der Waals surface area contributed by atoms with Crippen LogP contribution < -0.4 is 11.1 Å². The summed E-state index contributed by atoms with van der Waals surface area (Å²) in [7, 11) is 0. The average Bonchev–Trinajstić information content (AvgIpc) is 2.11. The van der Waals surface area contributed by atoms with Crippen molar-refractivity contribution in [2.24, 2.45) is 5.73 Å². The largest absolute Gasteiger partial charge is 0.325 e. The quantitative estimate of drug-likeness (QED) is 0.812. The third-order valence-corrected chi connectivity index (χ3v) is 3.02. The zero-order valence-corrected chi connectivity index (χ0v) is 11.6. The number of amides is 1. The second kappa shape index (κ2) is 6.30. The topological polar surface area (TPSA) is 55.1 Å². The van der Waals surface area contributed by atoms with Gasteiger partial charge in [-0.05, 0) is 54.1 Å². The SMILES string of the molecule is Cc1ccc(NC(=O)[C@@H](C)N)cc1I.Cl. The number of halogens is 2. The number of aryl methyl sites for hydroxylation is 1. The molecule has 0 heterocycles. The van der Waals surface area contributed by atoms with Crippen molar-refractivity contribution < 1.29 is 4.79 Å². The first-order valence-electron chi connectivity index (χ1n) is 4.33. The molecule has 15 heavy (non-hydrogen) atoms. The molecule has 0 spiro atoms. The Hall–Kier alpha value is -0.330. The summed E-state index contributed by atoms with van der Waals surface area (Å²) < 4.78 is 1.13. The minimum absolute atomic E-state index is 0. The van der Waals surface area contributed by atoms with Crippen LogP contribution in [0.4, 0.5) is 5.69 Å². The van der Waals surface area contributed by atoms with Crippen molar-refractivity contribution >= 4 is 46.6 Å². The molecular weight excluding hydrogens is 326 g/mol. The van der Waals surface area contributed by atoms with Gasteiger partial charge in [-0.1, -0.05) is 6.07 Å². The van der Waals surface area contributed by atoms with Gasteiger partial charge in [0.25, 0.3) is 0 Å². The number of benzene rings is 1. The smallest absolute Gasteiger partial charge is 0.240 e. The van der Waals surface area contributed by atoms with Gasteiger partial charge >= 0.3 is 0 Å². The van der Waals surface area contributed by atoms with Crippen LogP contribution in [-0.4, -0.2) is 11.9 Å². The fraction of sp³-hybridized carbons (Fsp3) is 0.300. The second-order valence-corrected chi connectivity index (χ2v) is 4.40. The third-order valence-electron chi connectivity index (χ3n) is 1.85. The number of anilines is 1. The molecule has 5 heteroatoms. The number of nitrogens with two attached hydrogens (primary N) is 1. The molecule has 1 rings (SSSR count). The molecule has 0 aliphatic carbocycles. The van der Waals surface area contributed by atoms with E-state index in [1.54, 1.807) is 6.92 Å². The normalized spacial score (nSPS) is 11.5. The summed E-state index contributed by atoms with van der Waals surface area (Å²) in [5, 5.41) is 2.74. The molecule has 0 unspecified atom stereocenters. The number of hydrogen-bond acceptors (Lipinski definition) is 2. The van der Waals surface area contributed by atoms with E-state index in [0.717, 1.165) is 9.26 Å². The summed E-state index contributed by atoms with van der Waals surface area (Å²) in [6, 6.07) is 5.29. The minimum Gasteiger partial charge on any atom is -0.325 e. The molecule has 0 aromatic heterocycles. The molecule has 0 saturated carbocycles. The number of rotatable bonds is 2. The lowest BCUT2D eigenvalue weighted by molar-refractivity contribution is -0.117. The first-order valence-corrected chi connectivity index (χ1v) is 5.41. The van der Waals surface area contributed by atoms with Gasteiger partial charge in [0.1, 0.15) is 0 Å². The summed E-state index contributed by atoms with van der Waals surface area (Å²) in [4.78, 5) is 11.3. The monoisotopic (exact) mass is 340 g/mol. The highest BCUT2D eigenvalue weighted by Crippen LogP contribution is 2.16. The zero-order valence-electron chi connectivity index (χ0n) is 8.58. The van der Waals surface area contributed by atoms with E-state index in [2.05, 4.69) is 27.9 Å². The van der Waals surface area contributed by atoms with Crippen molar-refractivity contribution in [2.45, 2.75) is 19.9 Å².